The Hall–Kier alpha value is -2.57. The normalized spacial score (nSPS) is 10.8. The molecule has 0 unspecified atom stereocenters. The third-order valence-electron chi connectivity index (χ3n) is 2.52. The summed E-state index contributed by atoms with van der Waals surface area (Å²) in [5.74, 6) is 1.68. The summed E-state index contributed by atoms with van der Waals surface area (Å²) in [7, 11) is 0. The maximum absolute atomic E-state index is 5.65. The van der Waals surface area contributed by atoms with Crippen molar-refractivity contribution in [3.05, 3.63) is 30.5 Å². The largest absolute Gasteiger partial charge is 0.468 e. The fourth-order valence-corrected chi connectivity index (χ4v) is 1.68. The molecule has 0 atom stereocenters. The van der Waals surface area contributed by atoms with Gasteiger partial charge < -0.3 is 19.5 Å². The average Bonchev–Trinajstić information content (AvgIpc) is 3.07. The number of nitrogens with zero attached hydrogens (tertiary/aromatic N) is 3. The summed E-state index contributed by atoms with van der Waals surface area (Å²) in [6.45, 7) is 3.01. The summed E-state index contributed by atoms with van der Waals surface area (Å²) in [5, 5.41) is 3.04. The molecule has 3 aromatic rings. The third-order valence-corrected chi connectivity index (χ3v) is 2.52. The molecule has 0 saturated heterocycles. The zero-order valence-corrected chi connectivity index (χ0v) is 10.4. The molecule has 7 nitrogen and oxygen atoms in total. The number of aromatic amines is 1. The molecule has 19 heavy (non-hydrogen) atoms. The lowest BCUT2D eigenvalue weighted by molar-refractivity contribution is 0.263. The van der Waals surface area contributed by atoms with Gasteiger partial charge in [0.05, 0.1) is 12.6 Å². The van der Waals surface area contributed by atoms with Crippen molar-refractivity contribution in [1.29, 1.82) is 0 Å². The van der Waals surface area contributed by atoms with E-state index in [-0.39, 0.29) is 0 Å². The summed E-state index contributed by atoms with van der Waals surface area (Å²) in [5.41, 5.74) is 1.24. The van der Waals surface area contributed by atoms with Crippen LogP contribution < -0.4 is 10.1 Å². The van der Waals surface area contributed by atoms with Gasteiger partial charge in [0.2, 0.25) is 11.8 Å². The second kappa shape index (κ2) is 4.97. The molecule has 3 heterocycles. The van der Waals surface area contributed by atoms with Crippen molar-refractivity contribution >= 4 is 17.1 Å². The molecule has 2 N–H and O–H groups in total. The molecule has 0 amide bonds. The van der Waals surface area contributed by atoms with Crippen LogP contribution in [0.4, 0.5) is 5.95 Å². The van der Waals surface area contributed by atoms with Crippen molar-refractivity contribution < 1.29 is 9.15 Å². The van der Waals surface area contributed by atoms with Crippen LogP contribution in [0, 0.1) is 0 Å². The lowest BCUT2D eigenvalue weighted by atomic mass is 10.5. The van der Waals surface area contributed by atoms with E-state index >= 15 is 0 Å². The fourth-order valence-electron chi connectivity index (χ4n) is 1.68. The Morgan fingerprint density at radius 1 is 1.42 bits per heavy atom. The van der Waals surface area contributed by atoms with Crippen LogP contribution in [0.15, 0.2) is 29.1 Å². The number of H-pyrrole nitrogens is 1. The van der Waals surface area contributed by atoms with E-state index in [1.54, 1.807) is 12.6 Å². The second-order valence-electron chi connectivity index (χ2n) is 3.85. The molecule has 0 spiro atoms. The monoisotopic (exact) mass is 259 g/mol. The van der Waals surface area contributed by atoms with Gasteiger partial charge in [0.25, 0.3) is 0 Å². The summed E-state index contributed by atoms with van der Waals surface area (Å²) in [4.78, 5) is 15.7. The first-order chi connectivity index (χ1) is 9.36. The SMILES string of the molecule is CCNc1nc(OCc2ccco2)c2[nH]cnc2n1. The van der Waals surface area contributed by atoms with Gasteiger partial charge in [0.15, 0.2) is 5.65 Å². The molecule has 0 fully saturated rings. The Bertz CT molecular complexity index is 662. The summed E-state index contributed by atoms with van der Waals surface area (Å²) in [6, 6.07) is 3.66. The first-order valence-corrected chi connectivity index (χ1v) is 5.97. The Balaban J connectivity index is 1.89. The Kier molecular flexibility index (Phi) is 3.01. The van der Waals surface area contributed by atoms with E-state index in [0.717, 1.165) is 12.3 Å². The van der Waals surface area contributed by atoms with E-state index < -0.39 is 0 Å². The number of ether oxygens (including phenoxy) is 1. The number of aromatic nitrogens is 4. The van der Waals surface area contributed by atoms with Crippen LogP contribution in [0.5, 0.6) is 5.88 Å². The first kappa shape index (κ1) is 11.5. The topological polar surface area (TPSA) is 88.9 Å². The van der Waals surface area contributed by atoms with E-state index in [2.05, 4.69) is 25.3 Å². The molecule has 0 aliphatic carbocycles. The number of rotatable bonds is 5. The number of nitrogens with one attached hydrogen (secondary N) is 2. The van der Waals surface area contributed by atoms with Crippen molar-refractivity contribution in [3.63, 3.8) is 0 Å². The van der Waals surface area contributed by atoms with Gasteiger partial charge in [-0.2, -0.15) is 9.97 Å². The third kappa shape index (κ3) is 2.35. The highest BCUT2D eigenvalue weighted by atomic mass is 16.5. The van der Waals surface area contributed by atoms with Gasteiger partial charge in [-0.25, -0.2) is 4.98 Å². The second-order valence-corrected chi connectivity index (χ2v) is 3.85. The standard InChI is InChI=1S/C12H13N5O2/c1-2-13-12-16-10-9(14-7-15-10)11(17-12)19-6-8-4-3-5-18-8/h3-5,7H,2,6H2,1H3,(H2,13,14,15,16,17). The molecule has 3 aromatic heterocycles. The number of imidazole rings is 1. The van der Waals surface area contributed by atoms with Crippen molar-refractivity contribution in [2.24, 2.45) is 0 Å². The minimum absolute atomic E-state index is 0.309. The predicted octanol–water partition coefficient (Wildman–Crippen LogP) is 1.96. The van der Waals surface area contributed by atoms with Gasteiger partial charge in [0.1, 0.15) is 17.9 Å². The quantitative estimate of drug-likeness (QED) is 0.728. The molecule has 0 radical (unpaired) electrons. The number of hydrogen-bond acceptors (Lipinski definition) is 6. The summed E-state index contributed by atoms with van der Waals surface area (Å²) < 4.78 is 10.9. The summed E-state index contributed by atoms with van der Waals surface area (Å²) >= 11 is 0. The van der Waals surface area contributed by atoms with Gasteiger partial charge in [-0.1, -0.05) is 0 Å². The lowest BCUT2D eigenvalue weighted by Gasteiger charge is -2.06. The molecule has 98 valence electrons. The zero-order chi connectivity index (χ0) is 13.1. The minimum atomic E-state index is 0.309. The molecule has 0 aromatic carbocycles. The predicted molar refractivity (Wildman–Crippen MR) is 68.9 cm³/mol. The fraction of sp³-hybridized carbons (Fsp3) is 0.250. The van der Waals surface area contributed by atoms with E-state index in [1.165, 1.54) is 0 Å². The van der Waals surface area contributed by atoms with Crippen LogP contribution in [0.1, 0.15) is 12.7 Å². The average molecular weight is 259 g/mol. The van der Waals surface area contributed by atoms with E-state index in [4.69, 9.17) is 9.15 Å². The highest BCUT2D eigenvalue weighted by Crippen LogP contribution is 2.21. The molecule has 0 bridgehead atoms. The van der Waals surface area contributed by atoms with Crippen LogP contribution in [0.25, 0.3) is 11.2 Å². The van der Waals surface area contributed by atoms with Crippen molar-refractivity contribution in [1.82, 2.24) is 19.9 Å². The van der Waals surface area contributed by atoms with Gasteiger partial charge in [-0.3, -0.25) is 0 Å². The van der Waals surface area contributed by atoms with E-state index in [9.17, 15) is 0 Å². The number of fused-ring (bicyclic) bond motifs is 1. The molecule has 0 saturated carbocycles. The smallest absolute Gasteiger partial charge is 0.245 e. The van der Waals surface area contributed by atoms with Crippen molar-refractivity contribution in [3.8, 4) is 5.88 Å². The van der Waals surface area contributed by atoms with Crippen LogP contribution in [0.2, 0.25) is 0 Å². The van der Waals surface area contributed by atoms with Crippen LogP contribution >= 0.6 is 0 Å². The number of hydrogen-bond donors (Lipinski definition) is 2. The van der Waals surface area contributed by atoms with Crippen LogP contribution in [-0.2, 0) is 6.61 Å². The molecule has 3 rings (SSSR count). The van der Waals surface area contributed by atoms with Crippen LogP contribution in [-0.4, -0.2) is 26.5 Å². The van der Waals surface area contributed by atoms with Crippen molar-refractivity contribution in [2.45, 2.75) is 13.5 Å². The summed E-state index contributed by atoms with van der Waals surface area (Å²) in [6.07, 6.45) is 3.17. The Morgan fingerprint density at radius 3 is 3.16 bits per heavy atom. The van der Waals surface area contributed by atoms with E-state index in [1.807, 2.05) is 19.1 Å². The number of anilines is 1. The Labute approximate surface area is 109 Å². The minimum Gasteiger partial charge on any atom is -0.468 e. The number of furan rings is 1. The molecule has 7 heteroatoms. The maximum Gasteiger partial charge on any atom is 0.245 e. The maximum atomic E-state index is 5.65. The molecular weight excluding hydrogens is 246 g/mol. The lowest BCUT2D eigenvalue weighted by Crippen LogP contribution is -2.05. The van der Waals surface area contributed by atoms with Crippen LogP contribution in [0.3, 0.4) is 0 Å². The molecule has 0 aliphatic heterocycles. The van der Waals surface area contributed by atoms with Gasteiger partial charge in [-0.15, -0.1) is 0 Å². The first-order valence-electron chi connectivity index (χ1n) is 5.97. The van der Waals surface area contributed by atoms with Gasteiger partial charge >= 0.3 is 0 Å². The van der Waals surface area contributed by atoms with Crippen molar-refractivity contribution in [2.75, 3.05) is 11.9 Å². The van der Waals surface area contributed by atoms with Gasteiger partial charge in [-0.05, 0) is 19.1 Å². The van der Waals surface area contributed by atoms with Gasteiger partial charge in [0, 0.05) is 6.54 Å². The molecular formula is C12H13N5O2. The zero-order valence-electron chi connectivity index (χ0n) is 10.4. The highest BCUT2D eigenvalue weighted by Gasteiger charge is 2.11. The van der Waals surface area contributed by atoms with E-state index in [0.29, 0.717) is 29.6 Å². The Morgan fingerprint density at radius 2 is 2.37 bits per heavy atom. The highest BCUT2D eigenvalue weighted by molar-refractivity contribution is 5.76. The molecule has 0 aliphatic rings.